The minimum atomic E-state index is -0.0162. The molecule has 0 bridgehead atoms. The first-order chi connectivity index (χ1) is 20.0. The number of hydrogen-bond donors (Lipinski definition) is 0. The van der Waals surface area contributed by atoms with Gasteiger partial charge in [0.05, 0.1) is 22.9 Å². The Hall–Kier alpha value is -5.02. The van der Waals surface area contributed by atoms with E-state index in [1.54, 1.807) is 0 Å². The van der Waals surface area contributed by atoms with Crippen LogP contribution in [0.3, 0.4) is 0 Å². The van der Waals surface area contributed by atoms with Crippen molar-refractivity contribution in [2.45, 2.75) is 26.2 Å². The predicted molar refractivity (Wildman–Crippen MR) is 171 cm³/mol. The van der Waals surface area contributed by atoms with Crippen molar-refractivity contribution in [1.82, 2.24) is 9.97 Å². The van der Waals surface area contributed by atoms with Gasteiger partial charge in [0.25, 0.3) is 0 Å². The van der Waals surface area contributed by atoms with Crippen LogP contribution in [0.4, 0.5) is 0 Å². The molecule has 0 aliphatic rings. The molecule has 0 spiro atoms. The molecule has 196 valence electrons. The van der Waals surface area contributed by atoms with Crippen molar-refractivity contribution in [3.05, 3.63) is 121 Å². The first kappa shape index (κ1) is 23.8. The van der Waals surface area contributed by atoms with E-state index in [0.29, 0.717) is 0 Å². The molecular formula is C38H28N2O. The van der Waals surface area contributed by atoms with Crippen LogP contribution in [0.1, 0.15) is 26.3 Å². The number of nitrogens with zero attached hydrogens (tertiary/aromatic N) is 2. The van der Waals surface area contributed by atoms with Gasteiger partial charge in [0.1, 0.15) is 11.2 Å². The zero-order valence-corrected chi connectivity index (χ0v) is 23.3. The summed E-state index contributed by atoms with van der Waals surface area (Å²) in [6.07, 6.45) is 1.90. The lowest BCUT2D eigenvalue weighted by Crippen LogP contribution is -2.10. The highest BCUT2D eigenvalue weighted by Gasteiger charge is 2.22. The molecular weight excluding hydrogens is 500 g/mol. The van der Waals surface area contributed by atoms with Gasteiger partial charge in [-0.2, -0.15) is 0 Å². The van der Waals surface area contributed by atoms with Gasteiger partial charge in [-0.25, -0.2) is 4.98 Å². The molecule has 0 saturated carbocycles. The summed E-state index contributed by atoms with van der Waals surface area (Å²) in [6.45, 7) is 6.70. The smallest absolute Gasteiger partial charge is 0.143 e. The zero-order chi connectivity index (χ0) is 27.7. The Morgan fingerprint density at radius 3 is 1.85 bits per heavy atom. The first-order valence-corrected chi connectivity index (χ1v) is 14.1. The molecule has 0 aliphatic heterocycles. The molecule has 0 amide bonds. The SMILES string of the molecule is CC(C)(C)c1cccc2c1oc1c(-c3cccc(-c4cnc5c6ccccc6c6ccccc6c5n4)c3)cccc12. The Morgan fingerprint density at radius 2 is 1.12 bits per heavy atom. The molecule has 0 saturated heterocycles. The molecule has 6 aromatic carbocycles. The van der Waals surface area contributed by atoms with Crippen LogP contribution >= 0.6 is 0 Å². The molecule has 0 unspecified atom stereocenters. The molecule has 0 aliphatic carbocycles. The minimum absolute atomic E-state index is 0.0162. The normalized spacial score (nSPS) is 12.3. The maximum Gasteiger partial charge on any atom is 0.143 e. The molecule has 0 fully saturated rings. The molecule has 8 rings (SSSR count). The fraction of sp³-hybridized carbons (Fsp3) is 0.105. The summed E-state index contributed by atoms with van der Waals surface area (Å²) in [7, 11) is 0. The van der Waals surface area contributed by atoms with Crippen molar-refractivity contribution in [2.75, 3.05) is 0 Å². The van der Waals surface area contributed by atoms with Gasteiger partial charge in [0.2, 0.25) is 0 Å². The van der Waals surface area contributed by atoms with Crippen molar-refractivity contribution in [3.8, 4) is 22.4 Å². The molecule has 0 radical (unpaired) electrons. The summed E-state index contributed by atoms with van der Waals surface area (Å²) >= 11 is 0. The Balaban J connectivity index is 1.32. The second kappa shape index (κ2) is 8.74. The van der Waals surface area contributed by atoms with Crippen molar-refractivity contribution in [1.29, 1.82) is 0 Å². The average molecular weight is 529 g/mol. The Morgan fingerprint density at radius 1 is 0.537 bits per heavy atom. The van der Waals surface area contributed by atoms with Crippen LogP contribution in [0.2, 0.25) is 0 Å². The second-order valence-electron chi connectivity index (χ2n) is 11.8. The van der Waals surface area contributed by atoms with E-state index in [1.807, 2.05) is 6.20 Å². The van der Waals surface area contributed by atoms with Gasteiger partial charge in [-0.1, -0.05) is 124 Å². The number of furan rings is 1. The Bertz CT molecular complexity index is 2270. The van der Waals surface area contributed by atoms with Crippen LogP contribution in [-0.2, 0) is 5.41 Å². The quantitative estimate of drug-likeness (QED) is 0.210. The molecule has 8 aromatic rings. The maximum absolute atomic E-state index is 6.66. The molecule has 0 N–H and O–H groups in total. The second-order valence-corrected chi connectivity index (χ2v) is 11.8. The molecule has 0 atom stereocenters. The van der Waals surface area contributed by atoms with E-state index in [0.717, 1.165) is 66.1 Å². The number of benzene rings is 6. The van der Waals surface area contributed by atoms with Crippen molar-refractivity contribution < 1.29 is 4.42 Å². The van der Waals surface area contributed by atoms with Gasteiger partial charge in [0, 0.05) is 38.2 Å². The Kier molecular flexibility index (Phi) is 5.08. The zero-order valence-electron chi connectivity index (χ0n) is 23.3. The average Bonchev–Trinajstić information content (AvgIpc) is 3.39. The van der Waals surface area contributed by atoms with Crippen molar-refractivity contribution >= 4 is 54.5 Å². The van der Waals surface area contributed by atoms with Crippen molar-refractivity contribution in [3.63, 3.8) is 0 Å². The first-order valence-electron chi connectivity index (χ1n) is 14.1. The summed E-state index contributed by atoms with van der Waals surface area (Å²) in [4.78, 5) is 10.2. The molecule has 3 heteroatoms. The summed E-state index contributed by atoms with van der Waals surface area (Å²) in [5.41, 5.74) is 8.99. The highest BCUT2D eigenvalue weighted by atomic mass is 16.3. The predicted octanol–water partition coefficient (Wildman–Crippen LogP) is 10.5. The number of hydrogen-bond acceptors (Lipinski definition) is 3. The maximum atomic E-state index is 6.66. The van der Waals surface area contributed by atoms with Gasteiger partial charge >= 0.3 is 0 Å². The number of para-hydroxylation sites is 2. The monoisotopic (exact) mass is 528 g/mol. The van der Waals surface area contributed by atoms with E-state index in [1.165, 1.54) is 16.3 Å². The molecule has 2 aromatic heterocycles. The minimum Gasteiger partial charge on any atom is -0.455 e. The summed E-state index contributed by atoms with van der Waals surface area (Å²) in [6, 6.07) is 38.4. The van der Waals surface area contributed by atoms with Crippen LogP contribution in [0.15, 0.2) is 120 Å². The van der Waals surface area contributed by atoms with Gasteiger partial charge in [0.15, 0.2) is 0 Å². The summed E-state index contributed by atoms with van der Waals surface area (Å²) in [5, 5.41) is 6.94. The topological polar surface area (TPSA) is 38.9 Å². The molecule has 41 heavy (non-hydrogen) atoms. The summed E-state index contributed by atoms with van der Waals surface area (Å²) in [5.74, 6) is 0. The lowest BCUT2D eigenvalue weighted by Gasteiger charge is -2.18. The Labute approximate surface area is 238 Å². The number of aromatic nitrogens is 2. The van der Waals surface area contributed by atoms with Gasteiger partial charge < -0.3 is 4.42 Å². The molecule has 3 nitrogen and oxygen atoms in total. The highest BCUT2D eigenvalue weighted by Crippen LogP contribution is 2.41. The highest BCUT2D eigenvalue weighted by molar-refractivity contribution is 6.23. The van der Waals surface area contributed by atoms with Gasteiger partial charge in [-0.05, 0) is 27.8 Å². The van der Waals surface area contributed by atoms with E-state index in [2.05, 4.69) is 130 Å². The fourth-order valence-electron chi connectivity index (χ4n) is 6.25. The third-order valence-electron chi connectivity index (χ3n) is 8.23. The lowest BCUT2D eigenvalue weighted by molar-refractivity contribution is 0.573. The van der Waals surface area contributed by atoms with Gasteiger partial charge in [-0.3, -0.25) is 4.98 Å². The van der Waals surface area contributed by atoms with E-state index in [4.69, 9.17) is 14.4 Å². The van der Waals surface area contributed by atoms with Crippen LogP contribution < -0.4 is 0 Å². The third kappa shape index (κ3) is 3.66. The standard InChI is InChI=1S/C38H28N2O/c1-38(2,3)32-20-10-19-31-30-18-9-17-25(36(30)41-37(31)32)23-11-8-12-24(21-23)33-22-39-34-28-15-6-4-13-26(28)27-14-5-7-16-29(27)35(34)40-33/h4-22H,1-3H3. The van der Waals surface area contributed by atoms with E-state index in [-0.39, 0.29) is 5.41 Å². The number of rotatable bonds is 2. The van der Waals surface area contributed by atoms with Crippen LogP contribution in [-0.4, -0.2) is 9.97 Å². The van der Waals surface area contributed by atoms with E-state index >= 15 is 0 Å². The van der Waals surface area contributed by atoms with Crippen LogP contribution in [0.25, 0.3) is 76.9 Å². The van der Waals surface area contributed by atoms with Crippen molar-refractivity contribution in [2.24, 2.45) is 0 Å². The van der Waals surface area contributed by atoms with E-state index in [9.17, 15) is 0 Å². The van der Waals surface area contributed by atoms with Crippen LogP contribution in [0, 0.1) is 0 Å². The number of fused-ring (bicyclic) bond motifs is 9. The van der Waals surface area contributed by atoms with Crippen LogP contribution in [0.5, 0.6) is 0 Å². The fourth-order valence-corrected chi connectivity index (χ4v) is 6.25. The lowest BCUT2D eigenvalue weighted by atomic mass is 9.86. The van der Waals surface area contributed by atoms with Gasteiger partial charge in [-0.15, -0.1) is 0 Å². The largest absolute Gasteiger partial charge is 0.455 e. The third-order valence-corrected chi connectivity index (χ3v) is 8.23. The summed E-state index contributed by atoms with van der Waals surface area (Å²) < 4.78 is 6.66. The van der Waals surface area contributed by atoms with E-state index < -0.39 is 0 Å². The molecule has 2 heterocycles.